The average molecular weight is 233 g/mol. The van der Waals surface area contributed by atoms with Crippen LogP contribution in [0.1, 0.15) is 32.3 Å². The van der Waals surface area contributed by atoms with Crippen LogP contribution in [-0.4, -0.2) is 17.6 Å². The summed E-state index contributed by atoms with van der Waals surface area (Å²) in [5, 5.41) is 11.8. The van der Waals surface area contributed by atoms with Crippen molar-refractivity contribution in [1.29, 1.82) is 0 Å². The van der Waals surface area contributed by atoms with Crippen LogP contribution >= 0.6 is 0 Å². The monoisotopic (exact) mass is 233 g/mol. The molecule has 0 unspecified atom stereocenters. The van der Waals surface area contributed by atoms with E-state index in [0.29, 0.717) is 12.5 Å². The molecular formula is C14H19NO2. The minimum Gasteiger partial charge on any atom is -0.478 e. The summed E-state index contributed by atoms with van der Waals surface area (Å²) in [6.07, 6.45) is 1.22. The Morgan fingerprint density at radius 3 is 2.41 bits per heavy atom. The Kier molecular flexibility index (Phi) is 4.76. The molecule has 0 aliphatic carbocycles. The number of hydrogen-bond acceptors (Lipinski definition) is 2. The number of carboxylic acid groups (broad SMARTS) is 1. The van der Waals surface area contributed by atoms with Crippen LogP contribution in [0.5, 0.6) is 0 Å². The fourth-order valence-corrected chi connectivity index (χ4v) is 1.49. The molecule has 0 fully saturated rings. The lowest BCUT2D eigenvalue weighted by Crippen LogP contribution is -2.04. The molecule has 3 nitrogen and oxygen atoms in total. The first-order chi connectivity index (χ1) is 7.99. The van der Waals surface area contributed by atoms with Gasteiger partial charge < -0.3 is 10.4 Å². The Balaban J connectivity index is 2.56. The maximum absolute atomic E-state index is 10.4. The smallest absolute Gasteiger partial charge is 0.328 e. The van der Waals surface area contributed by atoms with Gasteiger partial charge in [-0.2, -0.15) is 0 Å². The van der Waals surface area contributed by atoms with Crippen molar-refractivity contribution in [2.24, 2.45) is 0 Å². The maximum Gasteiger partial charge on any atom is 0.328 e. The molecule has 0 radical (unpaired) electrons. The highest BCUT2D eigenvalue weighted by molar-refractivity contribution is 5.80. The van der Waals surface area contributed by atoms with E-state index in [-0.39, 0.29) is 0 Å². The molecule has 0 bridgehead atoms. The lowest BCUT2D eigenvalue weighted by molar-refractivity contribution is -0.131. The number of nitrogens with one attached hydrogen (secondary N) is 1. The van der Waals surface area contributed by atoms with Crippen LogP contribution in [0.15, 0.2) is 35.9 Å². The van der Waals surface area contributed by atoms with Gasteiger partial charge in [0, 0.05) is 18.3 Å². The van der Waals surface area contributed by atoms with Gasteiger partial charge in [-0.05, 0) is 36.1 Å². The maximum atomic E-state index is 10.4. The van der Waals surface area contributed by atoms with Crippen molar-refractivity contribution in [3.8, 4) is 0 Å². The van der Waals surface area contributed by atoms with E-state index in [1.807, 2.05) is 12.1 Å². The molecule has 0 aliphatic rings. The Bertz CT molecular complexity index is 405. The second kappa shape index (κ2) is 6.09. The van der Waals surface area contributed by atoms with E-state index >= 15 is 0 Å². The summed E-state index contributed by atoms with van der Waals surface area (Å²) in [5.74, 6) is -0.378. The Morgan fingerprint density at radius 1 is 1.35 bits per heavy atom. The van der Waals surface area contributed by atoms with Crippen molar-refractivity contribution >= 4 is 11.7 Å². The summed E-state index contributed by atoms with van der Waals surface area (Å²) >= 11 is 0. The highest BCUT2D eigenvalue weighted by Crippen LogP contribution is 2.17. The number of carboxylic acids is 1. The summed E-state index contributed by atoms with van der Waals surface area (Å²) in [7, 11) is 0. The van der Waals surface area contributed by atoms with Gasteiger partial charge in [0.15, 0.2) is 0 Å². The third kappa shape index (κ3) is 4.72. The van der Waals surface area contributed by atoms with E-state index < -0.39 is 5.97 Å². The predicted molar refractivity (Wildman–Crippen MR) is 70.4 cm³/mol. The zero-order valence-electron chi connectivity index (χ0n) is 10.5. The number of carbonyl (C=O) groups is 1. The highest BCUT2D eigenvalue weighted by Gasteiger charge is 1.99. The molecule has 0 aromatic heterocycles. The normalized spacial score (nSPS) is 11.6. The van der Waals surface area contributed by atoms with Crippen LogP contribution in [0.25, 0.3) is 0 Å². The van der Waals surface area contributed by atoms with Crippen LogP contribution in [0.2, 0.25) is 0 Å². The van der Waals surface area contributed by atoms with Crippen molar-refractivity contribution < 1.29 is 9.90 Å². The van der Waals surface area contributed by atoms with Gasteiger partial charge in [0.05, 0.1) is 0 Å². The van der Waals surface area contributed by atoms with E-state index in [1.54, 1.807) is 6.92 Å². The van der Waals surface area contributed by atoms with Crippen molar-refractivity contribution in [2.45, 2.75) is 26.7 Å². The summed E-state index contributed by atoms with van der Waals surface area (Å²) in [6, 6.07) is 8.21. The minimum atomic E-state index is -0.903. The summed E-state index contributed by atoms with van der Waals surface area (Å²) < 4.78 is 0. The second-order valence-electron chi connectivity index (χ2n) is 4.46. The Labute approximate surface area is 102 Å². The van der Waals surface area contributed by atoms with Gasteiger partial charge in [0.1, 0.15) is 0 Å². The molecule has 0 amide bonds. The van der Waals surface area contributed by atoms with E-state index in [1.165, 1.54) is 11.6 Å². The third-order valence-corrected chi connectivity index (χ3v) is 2.52. The van der Waals surface area contributed by atoms with Crippen molar-refractivity contribution in [2.75, 3.05) is 11.9 Å². The molecule has 92 valence electrons. The lowest BCUT2D eigenvalue weighted by Gasteiger charge is -2.09. The van der Waals surface area contributed by atoms with E-state index in [2.05, 4.69) is 31.3 Å². The molecule has 0 spiro atoms. The molecule has 2 N–H and O–H groups in total. The van der Waals surface area contributed by atoms with Gasteiger partial charge in [0.25, 0.3) is 0 Å². The Morgan fingerprint density at radius 2 is 1.94 bits per heavy atom. The number of benzene rings is 1. The summed E-state index contributed by atoms with van der Waals surface area (Å²) in [4.78, 5) is 10.4. The topological polar surface area (TPSA) is 49.3 Å². The summed E-state index contributed by atoms with van der Waals surface area (Å²) in [6.45, 7) is 6.65. The largest absolute Gasteiger partial charge is 0.478 e. The van der Waals surface area contributed by atoms with Crippen molar-refractivity contribution in [3.63, 3.8) is 0 Å². The SMILES string of the molecule is C/C(=C\C(=O)O)CNc1ccc(C(C)C)cc1. The van der Waals surface area contributed by atoms with Gasteiger partial charge in [-0.3, -0.25) is 0 Å². The minimum absolute atomic E-state index is 0.526. The molecule has 1 aromatic carbocycles. The number of aliphatic carboxylic acids is 1. The predicted octanol–water partition coefficient (Wildman–Crippen LogP) is 3.25. The molecule has 1 rings (SSSR count). The van der Waals surface area contributed by atoms with Crippen molar-refractivity contribution in [3.05, 3.63) is 41.5 Å². The third-order valence-electron chi connectivity index (χ3n) is 2.52. The number of hydrogen-bond donors (Lipinski definition) is 2. The molecule has 0 heterocycles. The molecular weight excluding hydrogens is 214 g/mol. The van der Waals surface area contributed by atoms with E-state index in [9.17, 15) is 4.79 Å². The first kappa shape index (κ1) is 13.3. The average Bonchev–Trinajstić information content (AvgIpc) is 2.26. The molecule has 17 heavy (non-hydrogen) atoms. The molecule has 1 aromatic rings. The molecule has 0 atom stereocenters. The quantitative estimate of drug-likeness (QED) is 0.767. The number of rotatable bonds is 5. The zero-order valence-corrected chi connectivity index (χ0v) is 10.5. The van der Waals surface area contributed by atoms with Crippen LogP contribution in [0.3, 0.4) is 0 Å². The van der Waals surface area contributed by atoms with Gasteiger partial charge >= 0.3 is 5.97 Å². The van der Waals surface area contributed by atoms with Gasteiger partial charge in [-0.1, -0.05) is 26.0 Å². The lowest BCUT2D eigenvalue weighted by atomic mass is 10.0. The number of anilines is 1. The van der Waals surface area contributed by atoms with Crippen LogP contribution in [-0.2, 0) is 4.79 Å². The fourth-order valence-electron chi connectivity index (χ4n) is 1.49. The van der Waals surface area contributed by atoms with Crippen molar-refractivity contribution in [1.82, 2.24) is 0 Å². The first-order valence-electron chi connectivity index (χ1n) is 5.73. The van der Waals surface area contributed by atoms with Crippen LogP contribution in [0.4, 0.5) is 5.69 Å². The van der Waals surface area contributed by atoms with Gasteiger partial charge in [-0.15, -0.1) is 0 Å². The van der Waals surface area contributed by atoms with Gasteiger partial charge in [0.2, 0.25) is 0 Å². The first-order valence-corrected chi connectivity index (χ1v) is 5.73. The highest BCUT2D eigenvalue weighted by atomic mass is 16.4. The molecule has 0 aliphatic heterocycles. The fraction of sp³-hybridized carbons (Fsp3) is 0.357. The van der Waals surface area contributed by atoms with Crippen LogP contribution in [0, 0.1) is 0 Å². The van der Waals surface area contributed by atoms with E-state index in [0.717, 1.165) is 11.3 Å². The van der Waals surface area contributed by atoms with Gasteiger partial charge in [-0.25, -0.2) is 4.79 Å². The zero-order chi connectivity index (χ0) is 12.8. The molecule has 0 saturated heterocycles. The van der Waals surface area contributed by atoms with E-state index in [4.69, 9.17) is 5.11 Å². The summed E-state index contributed by atoms with van der Waals surface area (Å²) in [5.41, 5.74) is 3.10. The molecule has 0 saturated carbocycles. The van der Waals surface area contributed by atoms with Crippen LogP contribution < -0.4 is 5.32 Å². The Hall–Kier alpha value is -1.77. The molecule has 3 heteroatoms. The standard InChI is InChI=1S/C14H19NO2/c1-10(2)12-4-6-13(7-5-12)15-9-11(3)8-14(16)17/h4-8,10,15H,9H2,1-3H3,(H,16,17)/b11-8+. The second-order valence-corrected chi connectivity index (χ2v) is 4.46.